The summed E-state index contributed by atoms with van der Waals surface area (Å²) in [6, 6.07) is -0.123. The van der Waals surface area contributed by atoms with Gasteiger partial charge in [-0.3, -0.25) is 0 Å². The van der Waals surface area contributed by atoms with Crippen molar-refractivity contribution in [3.63, 3.8) is 0 Å². The predicted octanol–water partition coefficient (Wildman–Crippen LogP) is 0.828. The standard InChI is InChI=1S/C13H19NO6S/c1-8-11(13(16)19-3)12(9(2)20-8)21(17,18)14(6-7-15)10-4-5-10/h10,15H,4-7H2,1-3H3. The molecular formula is C13H19NO6S. The minimum Gasteiger partial charge on any atom is -0.465 e. The summed E-state index contributed by atoms with van der Waals surface area (Å²) in [6.07, 6.45) is 1.51. The van der Waals surface area contributed by atoms with Crippen molar-refractivity contribution in [2.45, 2.75) is 37.6 Å². The lowest BCUT2D eigenvalue weighted by atomic mass is 10.2. The Labute approximate surface area is 123 Å². The average molecular weight is 317 g/mol. The quantitative estimate of drug-likeness (QED) is 0.781. The van der Waals surface area contributed by atoms with Crippen molar-refractivity contribution in [3.05, 3.63) is 17.1 Å². The SMILES string of the molecule is COC(=O)c1c(C)oc(C)c1S(=O)(=O)N(CCO)C1CC1. The zero-order valence-corrected chi connectivity index (χ0v) is 13.1. The van der Waals surface area contributed by atoms with Crippen molar-refractivity contribution in [1.29, 1.82) is 0 Å². The molecule has 2 rings (SSSR count). The summed E-state index contributed by atoms with van der Waals surface area (Å²) in [5, 5.41) is 9.10. The van der Waals surface area contributed by atoms with Gasteiger partial charge in [-0.25, -0.2) is 13.2 Å². The van der Waals surface area contributed by atoms with Gasteiger partial charge in [0.1, 0.15) is 22.0 Å². The van der Waals surface area contributed by atoms with Gasteiger partial charge in [0.2, 0.25) is 10.0 Å². The molecule has 7 nitrogen and oxygen atoms in total. The minimum atomic E-state index is -3.92. The van der Waals surface area contributed by atoms with Gasteiger partial charge in [0.05, 0.1) is 13.7 Å². The van der Waals surface area contributed by atoms with Crippen LogP contribution in [0.3, 0.4) is 0 Å². The van der Waals surface area contributed by atoms with Gasteiger partial charge >= 0.3 is 5.97 Å². The molecule has 1 heterocycles. The molecular weight excluding hydrogens is 298 g/mol. The highest BCUT2D eigenvalue weighted by Crippen LogP contribution is 2.36. The number of carbonyl (C=O) groups is 1. The van der Waals surface area contributed by atoms with Crippen LogP contribution in [0, 0.1) is 13.8 Å². The van der Waals surface area contributed by atoms with Crippen molar-refractivity contribution in [2.24, 2.45) is 0 Å². The average Bonchev–Trinajstić information content (AvgIpc) is 3.19. The summed E-state index contributed by atoms with van der Waals surface area (Å²) in [5.41, 5.74) is -0.0708. The van der Waals surface area contributed by atoms with Gasteiger partial charge in [-0.2, -0.15) is 4.31 Å². The number of hydrogen-bond acceptors (Lipinski definition) is 6. The Balaban J connectivity index is 2.56. The first-order chi connectivity index (χ1) is 9.84. The Kier molecular flexibility index (Phi) is 4.40. The molecule has 0 amide bonds. The molecule has 1 saturated carbocycles. The van der Waals surface area contributed by atoms with E-state index in [1.807, 2.05) is 0 Å². The number of carbonyl (C=O) groups excluding carboxylic acids is 1. The molecule has 0 aliphatic heterocycles. The highest BCUT2D eigenvalue weighted by Gasteiger charge is 2.42. The summed E-state index contributed by atoms with van der Waals surface area (Å²) in [6.45, 7) is 2.73. The van der Waals surface area contributed by atoms with E-state index in [1.165, 1.54) is 25.3 Å². The van der Waals surface area contributed by atoms with E-state index in [1.54, 1.807) is 0 Å². The second kappa shape index (κ2) is 5.78. The third kappa shape index (κ3) is 2.83. The van der Waals surface area contributed by atoms with Crippen LogP contribution in [-0.4, -0.2) is 50.1 Å². The first-order valence-corrected chi connectivity index (χ1v) is 8.09. The van der Waals surface area contributed by atoms with Gasteiger partial charge in [-0.15, -0.1) is 0 Å². The fourth-order valence-electron chi connectivity index (χ4n) is 2.39. The number of ether oxygens (including phenoxy) is 1. The first kappa shape index (κ1) is 16.0. The van der Waals surface area contributed by atoms with E-state index in [9.17, 15) is 13.2 Å². The maximum atomic E-state index is 12.8. The third-order valence-electron chi connectivity index (χ3n) is 3.44. The lowest BCUT2D eigenvalue weighted by molar-refractivity contribution is 0.0594. The fraction of sp³-hybridized carbons (Fsp3) is 0.615. The minimum absolute atomic E-state index is 0.00270. The maximum absolute atomic E-state index is 12.8. The van der Waals surface area contributed by atoms with E-state index in [0.717, 1.165) is 12.8 Å². The number of esters is 1. The molecule has 1 aromatic rings. The molecule has 0 bridgehead atoms. The van der Waals surface area contributed by atoms with E-state index in [4.69, 9.17) is 9.52 Å². The largest absolute Gasteiger partial charge is 0.465 e. The molecule has 0 aromatic carbocycles. The molecule has 21 heavy (non-hydrogen) atoms. The number of aryl methyl sites for hydroxylation is 2. The van der Waals surface area contributed by atoms with Crippen LogP contribution in [0.25, 0.3) is 0 Å². The Hall–Kier alpha value is -1.38. The van der Waals surface area contributed by atoms with Gasteiger partial charge in [0.15, 0.2) is 0 Å². The van der Waals surface area contributed by atoms with Gasteiger partial charge in [-0.1, -0.05) is 0 Å². The van der Waals surface area contributed by atoms with Crippen LogP contribution in [0.5, 0.6) is 0 Å². The summed E-state index contributed by atoms with van der Waals surface area (Å²) >= 11 is 0. The van der Waals surface area contributed by atoms with Gasteiger partial charge in [-0.05, 0) is 26.7 Å². The fourth-order valence-corrected chi connectivity index (χ4v) is 4.44. The highest BCUT2D eigenvalue weighted by molar-refractivity contribution is 7.89. The Bertz CT molecular complexity index is 644. The van der Waals surface area contributed by atoms with Crippen molar-refractivity contribution in [3.8, 4) is 0 Å². The van der Waals surface area contributed by atoms with E-state index < -0.39 is 16.0 Å². The van der Waals surface area contributed by atoms with Gasteiger partial charge in [0.25, 0.3) is 0 Å². The third-order valence-corrected chi connectivity index (χ3v) is 5.54. The number of rotatable bonds is 6. The second-order valence-corrected chi connectivity index (χ2v) is 6.81. The molecule has 0 unspecified atom stereocenters. The van der Waals surface area contributed by atoms with E-state index in [0.29, 0.717) is 0 Å². The molecule has 0 saturated heterocycles. The van der Waals surface area contributed by atoms with Crippen LogP contribution in [-0.2, 0) is 14.8 Å². The molecule has 8 heteroatoms. The van der Waals surface area contributed by atoms with Gasteiger partial charge < -0.3 is 14.3 Å². The second-order valence-electron chi connectivity index (χ2n) is 4.98. The Morgan fingerprint density at radius 2 is 2.00 bits per heavy atom. The van der Waals surface area contributed by atoms with Crippen molar-refractivity contribution in [2.75, 3.05) is 20.3 Å². The van der Waals surface area contributed by atoms with Crippen LogP contribution in [0.2, 0.25) is 0 Å². The van der Waals surface area contributed by atoms with E-state index >= 15 is 0 Å². The molecule has 1 aromatic heterocycles. The maximum Gasteiger partial charge on any atom is 0.342 e. The van der Waals surface area contributed by atoms with Crippen LogP contribution in [0.4, 0.5) is 0 Å². The monoisotopic (exact) mass is 317 g/mol. The molecule has 0 spiro atoms. The topological polar surface area (TPSA) is 97.0 Å². The lowest BCUT2D eigenvalue weighted by Crippen LogP contribution is -2.36. The number of aliphatic hydroxyl groups is 1. The van der Waals surface area contributed by atoms with Crippen LogP contribution < -0.4 is 0 Å². The van der Waals surface area contributed by atoms with Crippen molar-refractivity contribution < 1.29 is 27.5 Å². The Morgan fingerprint density at radius 1 is 1.38 bits per heavy atom. The number of nitrogens with zero attached hydrogens (tertiary/aromatic N) is 1. The Morgan fingerprint density at radius 3 is 2.48 bits per heavy atom. The van der Waals surface area contributed by atoms with E-state index in [-0.39, 0.29) is 41.2 Å². The van der Waals surface area contributed by atoms with Crippen molar-refractivity contribution in [1.82, 2.24) is 4.31 Å². The molecule has 118 valence electrons. The lowest BCUT2D eigenvalue weighted by Gasteiger charge is -2.21. The highest BCUT2D eigenvalue weighted by atomic mass is 32.2. The van der Waals surface area contributed by atoms with Gasteiger partial charge in [0, 0.05) is 12.6 Å². The van der Waals surface area contributed by atoms with E-state index in [2.05, 4.69) is 4.74 Å². The number of hydrogen-bond donors (Lipinski definition) is 1. The zero-order chi connectivity index (χ0) is 15.8. The predicted molar refractivity (Wildman–Crippen MR) is 73.5 cm³/mol. The molecule has 1 aliphatic rings. The zero-order valence-electron chi connectivity index (χ0n) is 12.2. The summed E-state index contributed by atoms with van der Waals surface area (Å²) in [7, 11) is -2.73. The van der Waals surface area contributed by atoms with Crippen molar-refractivity contribution >= 4 is 16.0 Å². The molecule has 1 N–H and O–H groups in total. The molecule has 1 aliphatic carbocycles. The number of sulfonamides is 1. The van der Waals surface area contributed by atoms with Crippen LogP contribution in [0.1, 0.15) is 34.7 Å². The smallest absolute Gasteiger partial charge is 0.342 e. The molecule has 0 atom stereocenters. The van der Waals surface area contributed by atoms with Crippen LogP contribution in [0.15, 0.2) is 9.31 Å². The first-order valence-electron chi connectivity index (χ1n) is 6.65. The number of aliphatic hydroxyl groups excluding tert-OH is 1. The van der Waals surface area contributed by atoms with Crippen LogP contribution >= 0.6 is 0 Å². The molecule has 1 fully saturated rings. The summed E-state index contributed by atoms with van der Waals surface area (Å²) in [5.74, 6) is -0.392. The number of furan rings is 1. The summed E-state index contributed by atoms with van der Waals surface area (Å²) < 4.78 is 36.9. The normalized spacial score (nSPS) is 15.5. The molecule has 0 radical (unpaired) electrons. The number of methoxy groups -OCH3 is 1. The summed E-state index contributed by atoms with van der Waals surface area (Å²) in [4.78, 5) is 11.7.